The first-order valence-electron chi connectivity index (χ1n) is 7.96. The highest BCUT2D eigenvalue weighted by molar-refractivity contribution is 4.64. The summed E-state index contributed by atoms with van der Waals surface area (Å²) in [6.07, 6.45) is 5.29. The Hall–Kier alpha value is -0.240. The van der Waals surface area contributed by atoms with Gasteiger partial charge < -0.3 is 20.4 Å². The van der Waals surface area contributed by atoms with E-state index in [0.717, 1.165) is 25.7 Å². The molecule has 4 N–H and O–H groups in total. The molecule has 0 spiro atoms. The third-order valence-corrected chi connectivity index (χ3v) is 2.86. The predicted molar refractivity (Wildman–Crippen MR) is 81.8 cm³/mol. The van der Waals surface area contributed by atoms with Crippen LogP contribution in [0.2, 0.25) is 0 Å². The van der Waals surface area contributed by atoms with Crippen molar-refractivity contribution in [3.05, 3.63) is 0 Å². The summed E-state index contributed by atoms with van der Waals surface area (Å²) < 4.78 is 0. The monoisotopic (exact) mass is 310 g/mol. The standard InChI is InChI=1S/C11H24O4.C4H10O2/c1-3-5-6-7-8-14-15-11(4-2)10(13)9-12;5-3-1-2-4-6/h10-13H,3-9H2,1-2H3;5-6H,1-4H2. The van der Waals surface area contributed by atoms with Crippen LogP contribution in [-0.2, 0) is 9.78 Å². The third kappa shape index (κ3) is 17.7. The number of aliphatic hydroxyl groups is 4. The molecule has 0 aliphatic carbocycles. The van der Waals surface area contributed by atoms with Gasteiger partial charge in [0, 0.05) is 13.2 Å². The minimum atomic E-state index is -0.856. The molecule has 0 aliphatic heterocycles. The van der Waals surface area contributed by atoms with Gasteiger partial charge in [-0.25, -0.2) is 9.78 Å². The quantitative estimate of drug-likeness (QED) is 0.233. The molecule has 0 saturated carbocycles. The molecule has 0 aromatic rings. The van der Waals surface area contributed by atoms with Crippen molar-refractivity contribution in [3.8, 4) is 0 Å². The summed E-state index contributed by atoms with van der Waals surface area (Å²) in [7, 11) is 0. The van der Waals surface area contributed by atoms with E-state index in [1.165, 1.54) is 12.8 Å². The van der Waals surface area contributed by atoms with Gasteiger partial charge in [-0.2, -0.15) is 0 Å². The first-order chi connectivity index (χ1) is 10.2. The molecule has 0 amide bonds. The second-order valence-corrected chi connectivity index (χ2v) is 4.83. The van der Waals surface area contributed by atoms with Gasteiger partial charge >= 0.3 is 0 Å². The number of hydrogen-bond donors (Lipinski definition) is 4. The maximum Gasteiger partial charge on any atom is 0.121 e. The van der Waals surface area contributed by atoms with Crippen LogP contribution in [0.25, 0.3) is 0 Å². The van der Waals surface area contributed by atoms with Gasteiger partial charge in [0.15, 0.2) is 0 Å². The Balaban J connectivity index is 0. The van der Waals surface area contributed by atoms with E-state index in [1.807, 2.05) is 6.92 Å². The largest absolute Gasteiger partial charge is 0.396 e. The molecule has 6 nitrogen and oxygen atoms in total. The van der Waals surface area contributed by atoms with Crippen molar-refractivity contribution in [2.75, 3.05) is 26.4 Å². The summed E-state index contributed by atoms with van der Waals surface area (Å²) in [5, 5.41) is 34.2. The van der Waals surface area contributed by atoms with Gasteiger partial charge in [0.2, 0.25) is 0 Å². The van der Waals surface area contributed by atoms with Crippen molar-refractivity contribution >= 4 is 0 Å². The Morgan fingerprint density at radius 2 is 1.48 bits per heavy atom. The van der Waals surface area contributed by atoms with Gasteiger partial charge in [0.05, 0.1) is 13.2 Å². The molecule has 21 heavy (non-hydrogen) atoms. The lowest BCUT2D eigenvalue weighted by molar-refractivity contribution is -0.340. The summed E-state index contributed by atoms with van der Waals surface area (Å²) >= 11 is 0. The van der Waals surface area contributed by atoms with Crippen LogP contribution >= 0.6 is 0 Å². The zero-order valence-electron chi connectivity index (χ0n) is 13.5. The molecule has 0 aromatic heterocycles. The van der Waals surface area contributed by atoms with E-state index < -0.39 is 12.2 Å². The van der Waals surface area contributed by atoms with Crippen LogP contribution in [0.15, 0.2) is 0 Å². The molecule has 6 heteroatoms. The minimum absolute atomic E-state index is 0.195. The minimum Gasteiger partial charge on any atom is -0.396 e. The molecule has 0 radical (unpaired) electrons. The molecule has 0 heterocycles. The Kier molecular flexibility index (Phi) is 21.7. The third-order valence-electron chi connectivity index (χ3n) is 2.86. The zero-order valence-corrected chi connectivity index (χ0v) is 13.5. The summed E-state index contributed by atoms with van der Waals surface area (Å²) in [6.45, 7) is 4.68. The lowest BCUT2D eigenvalue weighted by Gasteiger charge is -2.18. The van der Waals surface area contributed by atoms with Crippen LogP contribution in [0.1, 0.15) is 58.8 Å². The molecule has 2 atom stereocenters. The number of unbranched alkanes of at least 4 members (excludes halogenated alkanes) is 4. The van der Waals surface area contributed by atoms with Crippen LogP contribution < -0.4 is 0 Å². The number of aliphatic hydroxyl groups excluding tert-OH is 4. The molecule has 130 valence electrons. The van der Waals surface area contributed by atoms with E-state index in [-0.39, 0.29) is 19.8 Å². The predicted octanol–water partition coefficient (Wildman–Crippen LogP) is 1.40. The van der Waals surface area contributed by atoms with E-state index in [9.17, 15) is 5.11 Å². The highest BCUT2D eigenvalue weighted by Crippen LogP contribution is 2.06. The van der Waals surface area contributed by atoms with Gasteiger partial charge in [0.1, 0.15) is 12.2 Å². The highest BCUT2D eigenvalue weighted by Gasteiger charge is 2.17. The topological polar surface area (TPSA) is 99.4 Å². The van der Waals surface area contributed by atoms with Crippen LogP contribution in [0.5, 0.6) is 0 Å². The van der Waals surface area contributed by atoms with Gasteiger partial charge in [-0.1, -0.05) is 33.1 Å². The van der Waals surface area contributed by atoms with Crippen molar-refractivity contribution in [2.45, 2.75) is 71.0 Å². The first-order valence-corrected chi connectivity index (χ1v) is 7.96. The number of rotatable bonds is 13. The van der Waals surface area contributed by atoms with Gasteiger partial charge in [0.25, 0.3) is 0 Å². The maximum absolute atomic E-state index is 9.30. The fraction of sp³-hybridized carbons (Fsp3) is 1.00. The summed E-state index contributed by atoms with van der Waals surface area (Å²) in [5.41, 5.74) is 0. The molecule has 0 saturated heterocycles. The zero-order chi connectivity index (χ0) is 16.3. The molecule has 0 aromatic carbocycles. The summed E-state index contributed by atoms with van der Waals surface area (Å²) in [4.78, 5) is 10.00. The molecule has 2 unspecified atom stereocenters. The average molecular weight is 310 g/mol. The molecular weight excluding hydrogens is 276 g/mol. The van der Waals surface area contributed by atoms with Crippen molar-refractivity contribution in [1.29, 1.82) is 0 Å². The Morgan fingerprint density at radius 1 is 0.857 bits per heavy atom. The van der Waals surface area contributed by atoms with E-state index >= 15 is 0 Å². The molecule has 0 aliphatic rings. The fourth-order valence-corrected chi connectivity index (χ4v) is 1.47. The summed E-state index contributed by atoms with van der Waals surface area (Å²) in [6, 6.07) is 0. The SMILES string of the molecule is CCCCCCOOC(CC)C(O)CO.OCCCCO. The number of hydrogen-bond acceptors (Lipinski definition) is 6. The van der Waals surface area contributed by atoms with Crippen molar-refractivity contribution in [2.24, 2.45) is 0 Å². The van der Waals surface area contributed by atoms with E-state index in [2.05, 4.69) is 6.92 Å². The molecular formula is C15H34O6. The lowest BCUT2D eigenvalue weighted by Crippen LogP contribution is -2.31. The van der Waals surface area contributed by atoms with Gasteiger partial charge in [-0.15, -0.1) is 0 Å². The van der Waals surface area contributed by atoms with Gasteiger partial charge in [-0.05, 0) is 25.7 Å². The van der Waals surface area contributed by atoms with E-state index in [1.54, 1.807) is 0 Å². The van der Waals surface area contributed by atoms with Crippen molar-refractivity contribution < 1.29 is 30.2 Å². The maximum atomic E-state index is 9.30. The normalized spacial score (nSPS) is 13.4. The Morgan fingerprint density at radius 3 is 1.90 bits per heavy atom. The molecule has 0 rings (SSSR count). The second kappa shape index (κ2) is 19.8. The van der Waals surface area contributed by atoms with Crippen LogP contribution in [0, 0.1) is 0 Å². The van der Waals surface area contributed by atoms with Crippen molar-refractivity contribution in [3.63, 3.8) is 0 Å². The Labute approximate surface area is 128 Å². The van der Waals surface area contributed by atoms with Crippen LogP contribution in [0.3, 0.4) is 0 Å². The summed E-state index contributed by atoms with van der Waals surface area (Å²) in [5.74, 6) is 0. The second-order valence-electron chi connectivity index (χ2n) is 4.83. The first kappa shape index (κ1) is 23.0. The smallest absolute Gasteiger partial charge is 0.121 e. The highest BCUT2D eigenvalue weighted by atomic mass is 17.2. The van der Waals surface area contributed by atoms with Crippen molar-refractivity contribution in [1.82, 2.24) is 0 Å². The van der Waals surface area contributed by atoms with E-state index in [4.69, 9.17) is 25.1 Å². The van der Waals surface area contributed by atoms with E-state index in [0.29, 0.717) is 13.0 Å². The lowest BCUT2D eigenvalue weighted by atomic mass is 10.2. The molecule has 0 fully saturated rings. The molecule has 0 bridgehead atoms. The van der Waals surface area contributed by atoms with Crippen LogP contribution in [0.4, 0.5) is 0 Å². The average Bonchev–Trinajstić information content (AvgIpc) is 2.52. The van der Waals surface area contributed by atoms with Crippen LogP contribution in [-0.4, -0.2) is 59.1 Å². The fourth-order valence-electron chi connectivity index (χ4n) is 1.47. The van der Waals surface area contributed by atoms with Gasteiger partial charge in [-0.3, -0.25) is 0 Å². The Bertz CT molecular complexity index is 176.